The normalized spacial score (nSPS) is 15.9. The zero-order valence-corrected chi connectivity index (χ0v) is 12.0. The van der Waals surface area contributed by atoms with E-state index in [1.165, 1.54) is 22.7 Å². The van der Waals surface area contributed by atoms with Gasteiger partial charge in [0.05, 0.1) is 5.56 Å². The average Bonchev–Trinajstić information content (AvgIpc) is 2.74. The SMILES string of the molecule is O=C1CCC(=O)N1CCSCc1cccc(C(F)(F)F)c1. The minimum Gasteiger partial charge on any atom is -0.282 e. The third-order valence-electron chi connectivity index (χ3n) is 3.14. The van der Waals surface area contributed by atoms with E-state index in [1.54, 1.807) is 6.07 Å². The Labute approximate surface area is 124 Å². The van der Waals surface area contributed by atoms with Crippen molar-refractivity contribution >= 4 is 23.6 Å². The fourth-order valence-corrected chi connectivity index (χ4v) is 2.93. The van der Waals surface area contributed by atoms with Crippen LogP contribution >= 0.6 is 11.8 Å². The van der Waals surface area contributed by atoms with Gasteiger partial charge in [-0.05, 0) is 11.6 Å². The molecule has 0 saturated carbocycles. The molecule has 1 aliphatic heterocycles. The third-order valence-corrected chi connectivity index (χ3v) is 4.15. The molecule has 0 aromatic heterocycles. The van der Waals surface area contributed by atoms with Gasteiger partial charge in [0, 0.05) is 30.9 Å². The number of alkyl halides is 3. The van der Waals surface area contributed by atoms with Crippen LogP contribution in [0, 0.1) is 0 Å². The van der Waals surface area contributed by atoms with Gasteiger partial charge in [0.25, 0.3) is 0 Å². The molecule has 0 radical (unpaired) electrons. The highest BCUT2D eigenvalue weighted by atomic mass is 32.2. The van der Waals surface area contributed by atoms with E-state index in [-0.39, 0.29) is 24.7 Å². The first-order chi connectivity index (χ1) is 9.88. The number of imide groups is 1. The molecule has 0 atom stereocenters. The first-order valence-corrected chi connectivity index (χ1v) is 7.60. The molecule has 0 aliphatic carbocycles. The Morgan fingerprint density at radius 1 is 1.14 bits per heavy atom. The maximum absolute atomic E-state index is 12.6. The number of nitrogens with zero attached hydrogens (tertiary/aromatic N) is 1. The molecular formula is C14H14F3NO2S. The maximum Gasteiger partial charge on any atom is 0.416 e. The Bertz CT molecular complexity index is 529. The minimum atomic E-state index is -4.34. The van der Waals surface area contributed by atoms with Crippen LogP contribution in [-0.4, -0.2) is 29.0 Å². The fourth-order valence-electron chi connectivity index (χ4n) is 2.06. The molecule has 21 heavy (non-hydrogen) atoms. The molecule has 1 aromatic carbocycles. The fraction of sp³-hybridized carbons (Fsp3) is 0.429. The zero-order chi connectivity index (χ0) is 15.5. The number of carbonyl (C=O) groups excluding carboxylic acids is 2. The van der Waals surface area contributed by atoms with Gasteiger partial charge >= 0.3 is 6.18 Å². The molecule has 0 spiro atoms. The lowest BCUT2D eigenvalue weighted by molar-refractivity contribution is -0.139. The van der Waals surface area contributed by atoms with Crippen LogP contribution in [0.2, 0.25) is 0 Å². The van der Waals surface area contributed by atoms with Crippen LogP contribution in [0.5, 0.6) is 0 Å². The number of amides is 2. The Morgan fingerprint density at radius 2 is 1.81 bits per heavy atom. The predicted molar refractivity (Wildman–Crippen MR) is 73.6 cm³/mol. The van der Waals surface area contributed by atoms with Crippen LogP contribution in [0.4, 0.5) is 13.2 Å². The standard InChI is InChI=1S/C14H14F3NO2S/c15-14(16,17)11-3-1-2-10(8-11)9-21-7-6-18-12(19)4-5-13(18)20/h1-3,8H,4-7,9H2. The number of carbonyl (C=O) groups is 2. The monoisotopic (exact) mass is 317 g/mol. The number of hydrogen-bond donors (Lipinski definition) is 0. The highest BCUT2D eigenvalue weighted by molar-refractivity contribution is 7.98. The summed E-state index contributed by atoms with van der Waals surface area (Å²) in [7, 11) is 0. The van der Waals surface area contributed by atoms with Crippen molar-refractivity contribution in [2.24, 2.45) is 0 Å². The average molecular weight is 317 g/mol. The van der Waals surface area contributed by atoms with Gasteiger partial charge in [-0.3, -0.25) is 14.5 Å². The highest BCUT2D eigenvalue weighted by Crippen LogP contribution is 2.30. The molecular weight excluding hydrogens is 303 g/mol. The van der Waals surface area contributed by atoms with Crippen molar-refractivity contribution in [2.75, 3.05) is 12.3 Å². The second-order valence-corrected chi connectivity index (χ2v) is 5.80. The minimum absolute atomic E-state index is 0.167. The van der Waals surface area contributed by atoms with Gasteiger partial charge in [0.1, 0.15) is 0 Å². The molecule has 1 aromatic rings. The summed E-state index contributed by atoms with van der Waals surface area (Å²) in [5, 5.41) is 0. The van der Waals surface area contributed by atoms with E-state index < -0.39 is 11.7 Å². The summed E-state index contributed by atoms with van der Waals surface area (Å²) < 4.78 is 37.7. The Kier molecular flexibility index (Phi) is 4.92. The Hall–Kier alpha value is -1.50. The summed E-state index contributed by atoms with van der Waals surface area (Å²) in [4.78, 5) is 24.0. The summed E-state index contributed by atoms with van der Waals surface area (Å²) in [6, 6.07) is 5.18. The van der Waals surface area contributed by atoms with Gasteiger partial charge in [0.15, 0.2) is 0 Å². The molecule has 2 amide bonds. The molecule has 0 unspecified atom stereocenters. The molecule has 1 heterocycles. The Morgan fingerprint density at radius 3 is 2.43 bits per heavy atom. The van der Waals surface area contributed by atoms with Gasteiger partial charge in [-0.1, -0.05) is 18.2 Å². The number of halogens is 3. The second-order valence-electron chi connectivity index (χ2n) is 4.69. The predicted octanol–water partition coefficient (Wildman–Crippen LogP) is 3.09. The van der Waals surface area contributed by atoms with Crippen molar-refractivity contribution in [3.63, 3.8) is 0 Å². The lowest BCUT2D eigenvalue weighted by Crippen LogP contribution is -2.31. The van der Waals surface area contributed by atoms with Crippen LogP contribution < -0.4 is 0 Å². The molecule has 114 valence electrons. The van der Waals surface area contributed by atoms with Crippen LogP contribution in [0.3, 0.4) is 0 Å². The van der Waals surface area contributed by atoms with E-state index in [9.17, 15) is 22.8 Å². The van der Waals surface area contributed by atoms with Crippen LogP contribution in [-0.2, 0) is 21.5 Å². The molecule has 3 nitrogen and oxygen atoms in total. The van der Waals surface area contributed by atoms with Crippen LogP contribution in [0.25, 0.3) is 0 Å². The lowest BCUT2D eigenvalue weighted by Gasteiger charge is -2.13. The van der Waals surface area contributed by atoms with E-state index in [0.29, 0.717) is 23.6 Å². The third kappa shape index (κ3) is 4.23. The summed E-state index contributed by atoms with van der Waals surface area (Å²) in [5.41, 5.74) is -0.0839. The topological polar surface area (TPSA) is 37.4 Å². The summed E-state index contributed by atoms with van der Waals surface area (Å²) >= 11 is 1.40. The molecule has 0 bridgehead atoms. The molecule has 0 N–H and O–H groups in total. The number of likely N-dealkylation sites (tertiary alicyclic amines) is 1. The van der Waals surface area contributed by atoms with Crippen molar-refractivity contribution in [3.8, 4) is 0 Å². The van der Waals surface area contributed by atoms with E-state index in [0.717, 1.165) is 12.1 Å². The van der Waals surface area contributed by atoms with E-state index in [2.05, 4.69) is 0 Å². The quantitative estimate of drug-likeness (QED) is 0.619. The van der Waals surface area contributed by atoms with Crippen LogP contribution in [0.1, 0.15) is 24.0 Å². The largest absolute Gasteiger partial charge is 0.416 e. The summed E-state index contributed by atoms with van der Waals surface area (Å²) in [6.07, 6.45) is -3.82. The number of hydrogen-bond acceptors (Lipinski definition) is 3. The molecule has 1 aliphatic rings. The van der Waals surface area contributed by atoms with Crippen LogP contribution in [0.15, 0.2) is 24.3 Å². The molecule has 1 saturated heterocycles. The summed E-state index contributed by atoms with van der Waals surface area (Å²) in [6.45, 7) is 0.321. The zero-order valence-electron chi connectivity index (χ0n) is 11.2. The lowest BCUT2D eigenvalue weighted by atomic mass is 10.1. The van der Waals surface area contributed by atoms with Gasteiger partial charge in [-0.25, -0.2) is 0 Å². The molecule has 1 fully saturated rings. The second kappa shape index (κ2) is 6.51. The van der Waals surface area contributed by atoms with Gasteiger partial charge < -0.3 is 0 Å². The van der Waals surface area contributed by atoms with E-state index >= 15 is 0 Å². The first-order valence-electron chi connectivity index (χ1n) is 6.45. The van der Waals surface area contributed by atoms with Crippen molar-refractivity contribution in [1.29, 1.82) is 0 Å². The van der Waals surface area contributed by atoms with Crippen molar-refractivity contribution in [2.45, 2.75) is 24.8 Å². The van der Waals surface area contributed by atoms with Crippen molar-refractivity contribution < 1.29 is 22.8 Å². The number of thioether (sulfide) groups is 1. The van der Waals surface area contributed by atoms with Gasteiger partial charge in [0.2, 0.25) is 11.8 Å². The van der Waals surface area contributed by atoms with Gasteiger partial charge in [-0.2, -0.15) is 24.9 Å². The number of benzene rings is 1. The Balaban J connectivity index is 1.81. The molecule has 2 rings (SSSR count). The molecule has 7 heteroatoms. The van der Waals surface area contributed by atoms with E-state index in [4.69, 9.17) is 0 Å². The smallest absolute Gasteiger partial charge is 0.282 e. The van der Waals surface area contributed by atoms with Crippen molar-refractivity contribution in [3.05, 3.63) is 35.4 Å². The van der Waals surface area contributed by atoms with E-state index in [1.807, 2.05) is 0 Å². The number of rotatable bonds is 5. The van der Waals surface area contributed by atoms with Gasteiger partial charge in [-0.15, -0.1) is 0 Å². The highest BCUT2D eigenvalue weighted by Gasteiger charge is 2.30. The maximum atomic E-state index is 12.6. The summed E-state index contributed by atoms with van der Waals surface area (Å²) in [5.74, 6) is 0.604. The first kappa shape index (κ1) is 15.9. The van der Waals surface area contributed by atoms with Crippen molar-refractivity contribution in [1.82, 2.24) is 4.90 Å².